The van der Waals surface area contributed by atoms with Crippen molar-refractivity contribution in [3.05, 3.63) is 41.9 Å². The topological polar surface area (TPSA) is 118 Å². The van der Waals surface area contributed by atoms with Crippen molar-refractivity contribution in [2.75, 3.05) is 24.5 Å². The number of furan rings is 1. The number of likely N-dealkylation sites (tertiary alicyclic amines) is 1. The third kappa shape index (κ3) is 4.39. The van der Waals surface area contributed by atoms with Crippen LogP contribution in [0, 0.1) is 12.8 Å². The molecule has 1 unspecified atom stereocenters. The molecule has 2 N–H and O–H groups in total. The Bertz CT molecular complexity index is 1030. The minimum Gasteiger partial charge on any atom is -0.445 e. The maximum atomic E-state index is 13.3. The third-order valence-corrected chi connectivity index (χ3v) is 5.79. The van der Waals surface area contributed by atoms with Crippen molar-refractivity contribution in [1.82, 2.24) is 19.9 Å². The Hall–Kier alpha value is -3.11. The van der Waals surface area contributed by atoms with Gasteiger partial charge < -0.3 is 10.2 Å². The fourth-order valence-electron chi connectivity index (χ4n) is 3.53. The first-order chi connectivity index (χ1) is 14.5. The van der Waals surface area contributed by atoms with Crippen LogP contribution in [0.3, 0.4) is 0 Å². The number of nitrogens with zero attached hydrogens (tertiary/aromatic N) is 5. The first kappa shape index (κ1) is 20.2. The lowest BCUT2D eigenvalue weighted by molar-refractivity contribution is -0.125. The second kappa shape index (κ2) is 8.72. The van der Waals surface area contributed by atoms with Crippen LogP contribution in [0.5, 0.6) is 0 Å². The van der Waals surface area contributed by atoms with E-state index >= 15 is 0 Å². The number of aryl methyl sites for hydroxylation is 1. The van der Waals surface area contributed by atoms with Gasteiger partial charge in [-0.1, -0.05) is 0 Å². The standard InChI is InChI=1S/C20H22N6O3S/c1-13-4-5-18(29-13)26(16-9-15(23-12-24-16)20-22-6-8-30-20)17(27)11-25-7-2-3-14(10-25)19(21)28/h4-6,8-9,12,14H,2-3,7,10-11H2,1H3,(H2,21,28). The Kier molecular flexibility index (Phi) is 5.86. The van der Waals surface area contributed by atoms with Gasteiger partial charge in [-0.25, -0.2) is 19.9 Å². The van der Waals surface area contributed by atoms with Crippen LogP contribution in [0.4, 0.5) is 11.7 Å². The van der Waals surface area contributed by atoms with Crippen molar-refractivity contribution in [3.63, 3.8) is 0 Å². The van der Waals surface area contributed by atoms with E-state index in [-0.39, 0.29) is 24.3 Å². The first-order valence-corrected chi connectivity index (χ1v) is 10.5. The number of nitrogens with two attached hydrogens (primary N) is 1. The number of hydrogen-bond acceptors (Lipinski definition) is 8. The summed E-state index contributed by atoms with van der Waals surface area (Å²) < 4.78 is 5.74. The van der Waals surface area contributed by atoms with E-state index in [1.54, 1.807) is 24.4 Å². The van der Waals surface area contributed by atoms with E-state index in [1.807, 2.05) is 17.2 Å². The van der Waals surface area contributed by atoms with Crippen molar-refractivity contribution in [2.45, 2.75) is 19.8 Å². The van der Waals surface area contributed by atoms with Gasteiger partial charge in [-0.05, 0) is 32.4 Å². The van der Waals surface area contributed by atoms with E-state index in [2.05, 4.69) is 15.0 Å². The molecule has 3 aromatic heterocycles. The average molecular weight is 427 g/mol. The number of rotatable bonds is 6. The Morgan fingerprint density at radius 3 is 2.90 bits per heavy atom. The number of carbonyl (C=O) groups is 2. The molecule has 1 saturated heterocycles. The molecule has 156 valence electrons. The van der Waals surface area contributed by atoms with Gasteiger partial charge in [-0.15, -0.1) is 11.3 Å². The summed E-state index contributed by atoms with van der Waals surface area (Å²) >= 11 is 1.46. The quantitative estimate of drug-likeness (QED) is 0.643. The maximum absolute atomic E-state index is 13.3. The van der Waals surface area contributed by atoms with Crippen LogP contribution in [0.15, 0.2) is 40.5 Å². The van der Waals surface area contributed by atoms with Gasteiger partial charge in [0.05, 0.1) is 12.5 Å². The van der Waals surface area contributed by atoms with Gasteiger partial charge in [0.1, 0.15) is 28.6 Å². The molecule has 0 saturated carbocycles. The highest BCUT2D eigenvalue weighted by molar-refractivity contribution is 7.13. The highest BCUT2D eigenvalue weighted by atomic mass is 32.1. The van der Waals surface area contributed by atoms with Crippen LogP contribution in [-0.4, -0.2) is 51.3 Å². The molecule has 3 aromatic rings. The highest BCUT2D eigenvalue weighted by Gasteiger charge is 2.29. The van der Waals surface area contributed by atoms with E-state index in [0.29, 0.717) is 29.7 Å². The molecule has 30 heavy (non-hydrogen) atoms. The molecule has 4 rings (SSSR count). The van der Waals surface area contributed by atoms with Gasteiger partial charge in [0.25, 0.3) is 0 Å². The number of thiazole rings is 1. The normalized spacial score (nSPS) is 17.0. The Morgan fingerprint density at radius 2 is 2.20 bits per heavy atom. The van der Waals surface area contributed by atoms with E-state index in [1.165, 1.54) is 22.6 Å². The lowest BCUT2D eigenvalue weighted by Gasteiger charge is -2.31. The third-order valence-electron chi connectivity index (χ3n) is 5.00. The van der Waals surface area contributed by atoms with Crippen LogP contribution >= 0.6 is 11.3 Å². The summed E-state index contributed by atoms with van der Waals surface area (Å²) in [4.78, 5) is 41.2. The first-order valence-electron chi connectivity index (χ1n) is 9.64. The lowest BCUT2D eigenvalue weighted by Crippen LogP contribution is -2.45. The maximum Gasteiger partial charge on any atom is 0.249 e. The van der Waals surface area contributed by atoms with Crippen molar-refractivity contribution < 1.29 is 14.0 Å². The van der Waals surface area contributed by atoms with Gasteiger partial charge in [0.2, 0.25) is 17.7 Å². The highest BCUT2D eigenvalue weighted by Crippen LogP contribution is 2.29. The number of primary amides is 1. The molecular formula is C20H22N6O3S. The zero-order valence-electron chi connectivity index (χ0n) is 16.5. The molecule has 9 nitrogen and oxygen atoms in total. The Labute approximate surface area is 177 Å². The summed E-state index contributed by atoms with van der Waals surface area (Å²) in [6, 6.07) is 5.25. The Morgan fingerprint density at radius 1 is 1.33 bits per heavy atom. The molecule has 4 heterocycles. The fourth-order valence-corrected chi connectivity index (χ4v) is 4.14. The summed E-state index contributed by atoms with van der Waals surface area (Å²) in [5.41, 5.74) is 6.10. The van der Waals surface area contributed by atoms with E-state index < -0.39 is 0 Å². The molecule has 0 bridgehead atoms. The largest absolute Gasteiger partial charge is 0.445 e. The van der Waals surface area contributed by atoms with Gasteiger partial charge in [0.15, 0.2) is 0 Å². The smallest absolute Gasteiger partial charge is 0.249 e. The number of amides is 2. The minimum absolute atomic E-state index is 0.125. The van der Waals surface area contributed by atoms with E-state index in [4.69, 9.17) is 10.2 Å². The molecule has 0 spiro atoms. The van der Waals surface area contributed by atoms with Crippen molar-refractivity contribution in [1.29, 1.82) is 0 Å². The molecule has 1 aliphatic rings. The number of carbonyl (C=O) groups excluding carboxylic acids is 2. The van der Waals surface area contributed by atoms with Crippen molar-refractivity contribution >= 4 is 34.9 Å². The molecule has 1 atom stereocenters. The molecule has 10 heteroatoms. The lowest BCUT2D eigenvalue weighted by atomic mass is 9.97. The number of aromatic nitrogens is 3. The molecule has 1 aliphatic heterocycles. The van der Waals surface area contributed by atoms with Crippen molar-refractivity contribution in [3.8, 4) is 10.7 Å². The molecule has 0 radical (unpaired) electrons. The zero-order valence-corrected chi connectivity index (χ0v) is 17.3. The number of piperidine rings is 1. The molecule has 2 amide bonds. The van der Waals surface area contributed by atoms with Crippen molar-refractivity contribution in [2.24, 2.45) is 11.7 Å². The minimum atomic E-state index is -0.324. The van der Waals surface area contributed by atoms with Gasteiger partial charge in [-0.3, -0.25) is 14.5 Å². The monoisotopic (exact) mass is 426 g/mol. The van der Waals surface area contributed by atoms with E-state index in [0.717, 1.165) is 24.4 Å². The number of anilines is 2. The summed E-state index contributed by atoms with van der Waals surface area (Å²) in [5.74, 6) is 0.695. The predicted molar refractivity (Wildman–Crippen MR) is 112 cm³/mol. The summed E-state index contributed by atoms with van der Waals surface area (Å²) in [6.45, 7) is 3.14. The predicted octanol–water partition coefficient (Wildman–Crippen LogP) is 2.36. The van der Waals surface area contributed by atoms with E-state index in [9.17, 15) is 9.59 Å². The molecular weight excluding hydrogens is 404 g/mol. The van der Waals surface area contributed by atoms with Crippen LogP contribution in [0.1, 0.15) is 18.6 Å². The summed E-state index contributed by atoms with van der Waals surface area (Å²) in [5, 5.41) is 2.60. The van der Waals surface area contributed by atoms with Crippen LogP contribution in [-0.2, 0) is 9.59 Å². The molecule has 1 fully saturated rings. The summed E-state index contributed by atoms with van der Waals surface area (Å²) in [6.07, 6.45) is 4.69. The SMILES string of the molecule is Cc1ccc(N(C(=O)CN2CCCC(C(N)=O)C2)c2cc(-c3nccs3)ncn2)o1. The second-order valence-corrected chi connectivity index (χ2v) is 8.08. The van der Waals surface area contributed by atoms with Crippen LogP contribution in [0.25, 0.3) is 10.7 Å². The Balaban J connectivity index is 1.62. The second-order valence-electron chi connectivity index (χ2n) is 7.19. The van der Waals surface area contributed by atoms with Crippen LogP contribution in [0.2, 0.25) is 0 Å². The number of hydrogen-bond donors (Lipinski definition) is 1. The van der Waals surface area contributed by atoms with Gasteiger partial charge >= 0.3 is 0 Å². The fraction of sp³-hybridized carbons (Fsp3) is 0.350. The molecule has 0 aromatic carbocycles. The summed E-state index contributed by atoms with van der Waals surface area (Å²) in [7, 11) is 0. The van der Waals surface area contributed by atoms with Gasteiger partial charge in [0, 0.05) is 30.3 Å². The van der Waals surface area contributed by atoms with Crippen LogP contribution < -0.4 is 10.6 Å². The zero-order chi connectivity index (χ0) is 21.1. The average Bonchev–Trinajstić information content (AvgIpc) is 3.41. The van der Waals surface area contributed by atoms with Gasteiger partial charge in [-0.2, -0.15) is 0 Å². The molecule has 0 aliphatic carbocycles.